The SMILES string of the molecule is CC(=O)Oc1ccccc1N(C=C1Sc2ccccc2C1=O)C(C)=O. The number of allylic oxidation sites excluding steroid dienone is 1. The van der Waals surface area contributed by atoms with Crippen molar-refractivity contribution >= 4 is 35.1 Å². The third kappa shape index (κ3) is 3.49. The molecule has 0 radical (unpaired) electrons. The fraction of sp³-hybridized carbons (Fsp3) is 0.105. The Balaban J connectivity index is 2.01. The molecule has 0 N–H and O–H groups in total. The molecule has 0 aliphatic carbocycles. The van der Waals surface area contributed by atoms with Crippen molar-refractivity contribution in [3.05, 3.63) is 65.2 Å². The minimum Gasteiger partial charge on any atom is -0.424 e. The molecule has 0 saturated heterocycles. The Kier molecular flexibility index (Phi) is 4.72. The van der Waals surface area contributed by atoms with Crippen LogP contribution in [-0.4, -0.2) is 17.7 Å². The monoisotopic (exact) mass is 353 g/mol. The topological polar surface area (TPSA) is 63.7 Å². The van der Waals surface area contributed by atoms with Crippen LogP contribution in [0.2, 0.25) is 0 Å². The van der Waals surface area contributed by atoms with Crippen LogP contribution in [-0.2, 0) is 9.59 Å². The van der Waals surface area contributed by atoms with Crippen LogP contribution in [0, 0.1) is 0 Å². The van der Waals surface area contributed by atoms with Gasteiger partial charge < -0.3 is 4.74 Å². The van der Waals surface area contributed by atoms with Gasteiger partial charge in [-0.15, -0.1) is 0 Å². The molecule has 0 atom stereocenters. The minimum atomic E-state index is -0.484. The second-order valence-electron chi connectivity index (χ2n) is 5.37. The molecule has 1 amide bonds. The number of para-hydroxylation sites is 2. The molecular weight excluding hydrogens is 338 g/mol. The zero-order valence-corrected chi connectivity index (χ0v) is 14.5. The van der Waals surface area contributed by atoms with E-state index in [0.717, 1.165) is 4.90 Å². The number of benzene rings is 2. The van der Waals surface area contributed by atoms with Crippen LogP contribution in [0.4, 0.5) is 5.69 Å². The first-order chi connectivity index (χ1) is 12.0. The Labute approximate surface area is 149 Å². The van der Waals surface area contributed by atoms with E-state index in [1.54, 1.807) is 36.4 Å². The summed E-state index contributed by atoms with van der Waals surface area (Å²) in [6.07, 6.45) is 1.50. The van der Waals surface area contributed by atoms with E-state index in [1.807, 2.05) is 12.1 Å². The van der Waals surface area contributed by atoms with Crippen molar-refractivity contribution in [3.63, 3.8) is 0 Å². The number of ether oxygens (including phenoxy) is 1. The summed E-state index contributed by atoms with van der Waals surface area (Å²) in [6.45, 7) is 2.68. The highest BCUT2D eigenvalue weighted by Crippen LogP contribution is 2.40. The van der Waals surface area contributed by atoms with Crippen LogP contribution in [0.15, 0.2) is 64.5 Å². The van der Waals surface area contributed by atoms with Crippen LogP contribution in [0.3, 0.4) is 0 Å². The van der Waals surface area contributed by atoms with Gasteiger partial charge in [-0.2, -0.15) is 0 Å². The van der Waals surface area contributed by atoms with Gasteiger partial charge in [-0.25, -0.2) is 0 Å². The molecule has 0 spiro atoms. The van der Waals surface area contributed by atoms with Gasteiger partial charge in [0.2, 0.25) is 11.7 Å². The summed E-state index contributed by atoms with van der Waals surface area (Å²) in [7, 11) is 0. The van der Waals surface area contributed by atoms with Gasteiger partial charge in [-0.1, -0.05) is 36.0 Å². The number of amides is 1. The van der Waals surface area contributed by atoms with Gasteiger partial charge >= 0.3 is 5.97 Å². The summed E-state index contributed by atoms with van der Waals surface area (Å²) < 4.78 is 5.18. The van der Waals surface area contributed by atoms with E-state index < -0.39 is 5.97 Å². The van der Waals surface area contributed by atoms with E-state index in [0.29, 0.717) is 16.2 Å². The predicted octanol–water partition coefficient (Wildman–Crippen LogP) is 3.79. The number of hydrogen-bond donors (Lipinski definition) is 0. The number of hydrogen-bond acceptors (Lipinski definition) is 5. The smallest absolute Gasteiger partial charge is 0.308 e. The van der Waals surface area contributed by atoms with Crippen LogP contribution in [0.25, 0.3) is 0 Å². The molecule has 1 aliphatic heterocycles. The third-order valence-electron chi connectivity index (χ3n) is 3.54. The first-order valence-corrected chi connectivity index (χ1v) is 8.39. The summed E-state index contributed by atoms with van der Waals surface area (Å²) in [5, 5.41) is 0. The Morgan fingerprint density at radius 3 is 2.40 bits per heavy atom. The molecule has 0 fully saturated rings. The Morgan fingerprint density at radius 2 is 1.72 bits per heavy atom. The molecule has 0 saturated carbocycles. The van der Waals surface area contributed by atoms with E-state index in [-0.39, 0.29) is 17.4 Å². The fourth-order valence-corrected chi connectivity index (χ4v) is 3.49. The molecule has 0 aromatic heterocycles. The zero-order chi connectivity index (χ0) is 18.0. The average molecular weight is 353 g/mol. The second-order valence-corrected chi connectivity index (χ2v) is 6.45. The van der Waals surface area contributed by atoms with E-state index in [2.05, 4.69) is 0 Å². The standard InChI is InChI=1S/C19H15NO4S/c1-12(21)20(15-8-4-5-9-16(15)24-13(2)22)11-18-19(23)14-7-3-6-10-17(14)25-18/h3-11H,1-2H3. The summed E-state index contributed by atoms with van der Waals surface area (Å²) >= 11 is 1.31. The highest BCUT2D eigenvalue weighted by molar-refractivity contribution is 8.04. The van der Waals surface area contributed by atoms with Gasteiger partial charge in [0.05, 0.1) is 10.6 Å². The molecule has 25 heavy (non-hydrogen) atoms. The van der Waals surface area contributed by atoms with Crippen LogP contribution < -0.4 is 9.64 Å². The van der Waals surface area contributed by atoms with Crippen molar-refractivity contribution in [2.75, 3.05) is 4.90 Å². The number of esters is 1. The van der Waals surface area contributed by atoms with Gasteiger partial charge in [0.1, 0.15) is 0 Å². The minimum absolute atomic E-state index is 0.128. The molecule has 1 heterocycles. The van der Waals surface area contributed by atoms with Crippen LogP contribution in [0.1, 0.15) is 24.2 Å². The number of carbonyl (C=O) groups is 3. The Morgan fingerprint density at radius 1 is 1.04 bits per heavy atom. The summed E-state index contributed by atoms with van der Waals surface area (Å²) in [4.78, 5) is 38.6. The molecule has 3 rings (SSSR count). The number of anilines is 1. The zero-order valence-electron chi connectivity index (χ0n) is 13.7. The van der Waals surface area contributed by atoms with Crippen molar-refractivity contribution in [1.29, 1.82) is 0 Å². The van der Waals surface area contributed by atoms with Crippen molar-refractivity contribution in [2.24, 2.45) is 0 Å². The number of fused-ring (bicyclic) bond motifs is 1. The molecule has 1 aliphatic rings. The lowest BCUT2D eigenvalue weighted by molar-refractivity contribution is -0.132. The number of ketones is 1. The highest BCUT2D eigenvalue weighted by atomic mass is 32.2. The molecule has 5 nitrogen and oxygen atoms in total. The third-order valence-corrected chi connectivity index (χ3v) is 4.63. The molecule has 2 aromatic rings. The van der Waals surface area contributed by atoms with Gasteiger partial charge in [0.25, 0.3) is 0 Å². The number of carbonyl (C=O) groups excluding carboxylic acids is 3. The van der Waals surface area contributed by atoms with E-state index in [1.165, 1.54) is 36.7 Å². The molecule has 126 valence electrons. The first-order valence-electron chi connectivity index (χ1n) is 7.58. The lowest BCUT2D eigenvalue weighted by Crippen LogP contribution is -2.24. The number of Topliss-reactive ketones (excluding diaryl/α,β-unsaturated/α-hetero) is 1. The van der Waals surface area contributed by atoms with Crippen molar-refractivity contribution in [3.8, 4) is 5.75 Å². The highest BCUT2D eigenvalue weighted by Gasteiger charge is 2.27. The summed E-state index contributed by atoms with van der Waals surface area (Å²) in [5.41, 5.74) is 1.03. The number of nitrogens with zero attached hydrogens (tertiary/aromatic N) is 1. The molecule has 0 bridgehead atoms. The predicted molar refractivity (Wildman–Crippen MR) is 95.6 cm³/mol. The van der Waals surface area contributed by atoms with Gasteiger partial charge in [-0.05, 0) is 24.3 Å². The first kappa shape index (κ1) is 17.0. The largest absolute Gasteiger partial charge is 0.424 e. The fourth-order valence-electron chi connectivity index (χ4n) is 2.47. The van der Waals surface area contributed by atoms with Crippen LogP contribution >= 0.6 is 11.8 Å². The lowest BCUT2D eigenvalue weighted by atomic mass is 10.1. The molecule has 2 aromatic carbocycles. The maximum absolute atomic E-state index is 12.5. The van der Waals surface area contributed by atoms with Gasteiger partial charge in [0.15, 0.2) is 5.75 Å². The summed E-state index contributed by atoms with van der Waals surface area (Å²) in [6, 6.07) is 14.0. The molecular formula is C19H15NO4S. The van der Waals surface area contributed by atoms with E-state index in [9.17, 15) is 14.4 Å². The van der Waals surface area contributed by atoms with E-state index in [4.69, 9.17) is 4.74 Å². The number of thioether (sulfide) groups is 1. The maximum Gasteiger partial charge on any atom is 0.308 e. The van der Waals surface area contributed by atoms with Crippen molar-refractivity contribution in [2.45, 2.75) is 18.7 Å². The number of rotatable bonds is 3. The lowest BCUT2D eigenvalue weighted by Gasteiger charge is -2.20. The normalized spacial score (nSPS) is 14.3. The average Bonchev–Trinajstić information content (AvgIpc) is 2.89. The van der Waals surface area contributed by atoms with Crippen molar-refractivity contribution < 1.29 is 19.1 Å². The molecule has 0 unspecified atom stereocenters. The molecule has 6 heteroatoms. The van der Waals surface area contributed by atoms with Crippen molar-refractivity contribution in [1.82, 2.24) is 0 Å². The Hall–Kier alpha value is -2.86. The van der Waals surface area contributed by atoms with E-state index >= 15 is 0 Å². The second kappa shape index (κ2) is 6.94. The quantitative estimate of drug-likeness (QED) is 0.477. The Bertz CT molecular complexity index is 904. The summed E-state index contributed by atoms with van der Waals surface area (Å²) in [5.74, 6) is -0.648. The maximum atomic E-state index is 12.5. The van der Waals surface area contributed by atoms with Gasteiger partial charge in [0, 0.05) is 30.5 Å². The van der Waals surface area contributed by atoms with Gasteiger partial charge in [-0.3, -0.25) is 19.3 Å². The van der Waals surface area contributed by atoms with Crippen LogP contribution in [0.5, 0.6) is 5.75 Å².